The fraction of sp³-hybridized carbons (Fsp3) is 0.111. The number of hydrogen-bond acceptors (Lipinski definition) is 5. The van der Waals surface area contributed by atoms with Crippen molar-refractivity contribution in [3.63, 3.8) is 0 Å². The Balaban J connectivity index is 1.83. The zero-order chi connectivity index (χ0) is 18.9. The molecule has 0 bridgehead atoms. The summed E-state index contributed by atoms with van der Waals surface area (Å²) in [4.78, 5) is 34.5. The van der Waals surface area contributed by atoms with E-state index in [9.17, 15) is 14.4 Å². The number of hydrogen-bond donors (Lipinski definition) is 3. The maximum absolute atomic E-state index is 12.1. The van der Waals surface area contributed by atoms with E-state index >= 15 is 0 Å². The van der Waals surface area contributed by atoms with Gasteiger partial charge in [-0.15, -0.1) is 0 Å². The summed E-state index contributed by atoms with van der Waals surface area (Å²) in [6.07, 6.45) is 1.37. The summed E-state index contributed by atoms with van der Waals surface area (Å²) in [5.41, 5.74) is 3.37. The van der Waals surface area contributed by atoms with Crippen LogP contribution in [0.3, 0.4) is 0 Å². The van der Waals surface area contributed by atoms with Crippen LogP contribution in [0.15, 0.2) is 53.6 Å². The molecule has 8 nitrogen and oxygen atoms in total. The zero-order valence-electron chi connectivity index (χ0n) is 13.9. The zero-order valence-corrected chi connectivity index (χ0v) is 13.9. The van der Waals surface area contributed by atoms with Gasteiger partial charge in [-0.1, -0.05) is 24.3 Å². The van der Waals surface area contributed by atoms with Crippen LogP contribution in [-0.2, 0) is 4.79 Å². The predicted octanol–water partition coefficient (Wildman–Crippen LogP) is 1.27. The van der Waals surface area contributed by atoms with E-state index in [1.54, 1.807) is 36.4 Å². The minimum absolute atomic E-state index is 0.158. The SMILES string of the molecule is COc1ccccc1C(=O)NCC(=O)NN=Cc1ccc(C(=O)O)cc1. The summed E-state index contributed by atoms with van der Waals surface area (Å²) in [5.74, 6) is -1.56. The molecule has 0 saturated heterocycles. The van der Waals surface area contributed by atoms with Crippen molar-refractivity contribution < 1.29 is 24.2 Å². The number of benzene rings is 2. The molecule has 134 valence electrons. The van der Waals surface area contributed by atoms with Gasteiger partial charge in [0.15, 0.2) is 0 Å². The van der Waals surface area contributed by atoms with E-state index in [0.717, 1.165) is 0 Å². The normalized spacial score (nSPS) is 10.3. The number of para-hydroxylation sites is 1. The molecule has 0 heterocycles. The number of amides is 2. The second-order valence-corrected chi connectivity index (χ2v) is 5.10. The monoisotopic (exact) mass is 355 g/mol. The van der Waals surface area contributed by atoms with Crippen molar-refractivity contribution in [1.29, 1.82) is 0 Å². The van der Waals surface area contributed by atoms with Crippen LogP contribution in [0.5, 0.6) is 5.75 Å². The molecule has 2 aromatic rings. The highest BCUT2D eigenvalue weighted by molar-refractivity contribution is 5.98. The van der Waals surface area contributed by atoms with E-state index in [2.05, 4.69) is 15.8 Å². The molecule has 2 rings (SSSR count). The van der Waals surface area contributed by atoms with Crippen molar-refractivity contribution >= 4 is 24.0 Å². The van der Waals surface area contributed by atoms with Gasteiger partial charge >= 0.3 is 5.97 Å². The lowest BCUT2D eigenvalue weighted by molar-refractivity contribution is -0.120. The smallest absolute Gasteiger partial charge is 0.335 e. The van der Waals surface area contributed by atoms with Crippen molar-refractivity contribution in [1.82, 2.24) is 10.7 Å². The third kappa shape index (κ3) is 5.17. The number of methoxy groups -OCH3 is 1. The van der Waals surface area contributed by atoms with Crippen LogP contribution in [0.2, 0.25) is 0 Å². The number of carbonyl (C=O) groups excluding carboxylic acids is 2. The number of ether oxygens (including phenoxy) is 1. The van der Waals surface area contributed by atoms with E-state index in [1.165, 1.54) is 25.5 Å². The van der Waals surface area contributed by atoms with Crippen molar-refractivity contribution in [3.8, 4) is 5.75 Å². The van der Waals surface area contributed by atoms with Gasteiger partial charge in [0.05, 0.1) is 31.0 Å². The highest BCUT2D eigenvalue weighted by Gasteiger charge is 2.12. The molecule has 0 aromatic heterocycles. The Morgan fingerprint density at radius 2 is 1.81 bits per heavy atom. The summed E-state index contributed by atoms with van der Waals surface area (Å²) >= 11 is 0. The Hall–Kier alpha value is -3.68. The van der Waals surface area contributed by atoms with Gasteiger partial charge in [0, 0.05) is 0 Å². The minimum atomic E-state index is -1.02. The second kappa shape index (κ2) is 8.97. The van der Waals surface area contributed by atoms with Crippen LogP contribution in [0.4, 0.5) is 0 Å². The first-order valence-electron chi connectivity index (χ1n) is 7.57. The van der Waals surface area contributed by atoms with Crippen LogP contribution in [0.25, 0.3) is 0 Å². The fourth-order valence-electron chi connectivity index (χ4n) is 2.02. The van der Waals surface area contributed by atoms with E-state index in [0.29, 0.717) is 16.9 Å². The summed E-state index contributed by atoms with van der Waals surface area (Å²) in [5, 5.41) is 15.0. The molecular weight excluding hydrogens is 338 g/mol. The third-order valence-corrected chi connectivity index (χ3v) is 3.32. The van der Waals surface area contributed by atoms with Crippen molar-refractivity contribution in [3.05, 3.63) is 65.2 Å². The van der Waals surface area contributed by atoms with Crippen LogP contribution in [-0.4, -0.2) is 42.8 Å². The molecule has 0 atom stereocenters. The Morgan fingerprint density at radius 3 is 2.46 bits per heavy atom. The maximum Gasteiger partial charge on any atom is 0.335 e. The Bertz CT molecular complexity index is 831. The summed E-state index contributed by atoms with van der Waals surface area (Å²) < 4.78 is 5.09. The van der Waals surface area contributed by atoms with E-state index in [-0.39, 0.29) is 12.1 Å². The fourth-order valence-corrected chi connectivity index (χ4v) is 2.02. The Kier molecular flexibility index (Phi) is 6.44. The van der Waals surface area contributed by atoms with Gasteiger partial charge in [-0.05, 0) is 29.8 Å². The lowest BCUT2D eigenvalue weighted by atomic mass is 10.1. The summed E-state index contributed by atoms with van der Waals surface area (Å²) in [6.45, 7) is -0.258. The molecular formula is C18H17N3O5. The van der Waals surface area contributed by atoms with Gasteiger partial charge in [0.2, 0.25) is 0 Å². The van der Waals surface area contributed by atoms with Crippen molar-refractivity contribution in [2.45, 2.75) is 0 Å². The molecule has 0 unspecified atom stereocenters. The standard InChI is InChI=1S/C18H17N3O5/c1-26-15-5-3-2-4-14(15)17(23)19-11-16(22)21-20-10-12-6-8-13(9-7-12)18(24)25/h2-10H,11H2,1H3,(H,19,23)(H,21,22)(H,24,25). The van der Waals surface area contributed by atoms with E-state index < -0.39 is 17.8 Å². The number of rotatable bonds is 7. The molecule has 0 spiro atoms. The van der Waals surface area contributed by atoms with Crippen molar-refractivity contribution in [2.24, 2.45) is 5.10 Å². The number of carboxylic acid groups (broad SMARTS) is 1. The first-order chi connectivity index (χ1) is 12.5. The van der Waals surface area contributed by atoms with Crippen LogP contribution < -0.4 is 15.5 Å². The van der Waals surface area contributed by atoms with Crippen LogP contribution >= 0.6 is 0 Å². The summed E-state index contributed by atoms with van der Waals surface area (Å²) in [7, 11) is 1.45. The molecule has 0 aliphatic heterocycles. The molecule has 0 aliphatic carbocycles. The van der Waals surface area contributed by atoms with E-state index in [1.807, 2.05) is 0 Å². The third-order valence-electron chi connectivity index (χ3n) is 3.32. The Morgan fingerprint density at radius 1 is 1.12 bits per heavy atom. The number of nitrogens with zero attached hydrogens (tertiary/aromatic N) is 1. The first-order valence-corrected chi connectivity index (χ1v) is 7.57. The molecule has 0 fully saturated rings. The number of nitrogens with one attached hydrogen (secondary N) is 2. The molecule has 0 saturated carbocycles. The number of aromatic carboxylic acids is 1. The van der Waals surface area contributed by atoms with Gasteiger partial charge in [-0.25, -0.2) is 10.2 Å². The number of carbonyl (C=O) groups is 3. The number of hydrazone groups is 1. The van der Waals surface area contributed by atoms with E-state index in [4.69, 9.17) is 9.84 Å². The van der Waals surface area contributed by atoms with Gasteiger partial charge in [-0.2, -0.15) is 5.10 Å². The number of carboxylic acids is 1. The highest BCUT2D eigenvalue weighted by atomic mass is 16.5. The van der Waals surface area contributed by atoms with Gasteiger partial charge in [0.1, 0.15) is 5.75 Å². The molecule has 2 aromatic carbocycles. The van der Waals surface area contributed by atoms with Gasteiger partial charge in [-0.3, -0.25) is 9.59 Å². The average Bonchev–Trinajstić information content (AvgIpc) is 2.66. The van der Waals surface area contributed by atoms with Crippen molar-refractivity contribution in [2.75, 3.05) is 13.7 Å². The van der Waals surface area contributed by atoms with Gasteiger partial charge in [0.25, 0.3) is 11.8 Å². The predicted molar refractivity (Wildman–Crippen MR) is 94.5 cm³/mol. The molecule has 0 aliphatic rings. The maximum atomic E-state index is 12.1. The molecule has 2 amide bonds. The van der Waals surface area contributed by atoms with Crippen LogP contribution in [0, 0.1) is 0 Å². The lowest BCUT2D eigenvalue weighted by Crippen LogP contribution is -2.35. The molecule has 8 heteroatoms. The first kappa shape index (κ1) is 18.7. The molecule has 3 N–H and O–H groups in total. The van der Waals surface area contributed by atoms with Crippen LogP contribution in [0.1, 0.15) is 26.3 Å². The minimum Gasteiger partial charge on any atom is -0.496 e. The Labute approximate surface area is 149 Å². The quantitative estimate of drug-likeness (QED) is 0.511. The molecule has 0 radical (unpaired) electrons. The average molecular weight is 355 g/mol. The summed E-state index contributed by atoms with van der Waals surface area (Å²) in [6, 6.07) is 12.6. The molecule has 26 heavy (non-hydrogen) atoms. The van der Waals surface area contributed by atoms with Gasteiger partial charge < -0.3 is 15.2 Å². The highest BCUT2D eigenvalue weighted by Crippen LogP contribution is 2.16. The second-order valence-electron chi connectivity index (χ2n) is 5.10. The lowest BCUT2D eigenvalue weighted by Gasteiger charge is -2.08. The largest absolute Gasteiger partial charge is 0.496 e. The topological polar surface area (TPSA) is 117 Å².